The predicted molar refractivity (Wildman–Crippen MR) is 96.5 cm³/mol. The number of hydrogen-bond acceptors (Lipinski definition) is 3. The van der Waals surface area contributed by atoms with Crippen molar-refractivity contribution < 1.29 is 14.3 Å². The fraction of sp³-hybridized carbons (Fsp3) is 0.550. The van der Waals surface area contributed by atoms with Crippen molar-refractivity contribution in [1.82, 2.24) is 5.32 Å². The first-order valence-corrected chi connectivity index (χ1v) is 8.45. The third-order valence-electron chi connectivity index (χ3n) is 4.87. The molecule has 0 heterocycles. The molecular weight excluding hydrogens is 302 g/mol. The van der Waals surface area contributed by atoms with Crippen molar-refractivity contribution in [3.63, 3.8) is 0 Å². The molecule has 1 aromatic carbocycles. The Morgan fingerprint density at radius 2 is 1.88 bits per heavy atom. The summed E-state index contributed by atoms with van der Waals surface area (Å²) >= 11 is 0. The molecule has 1 aliphatic carbocycles. The van der Waals surface area contributed by atoms with Gasteiger partial charge in [0.2, 0.25) is 5.91 Å². The van der Waals surface area contributed by atoms with Gasteiger partial charge >= 0.3 is 0 Å². The topological polar surface area (TPSA) is 47.6 Å². The summed E-state index contributed by atoms with van der Waals surface area (Å²) in [7, 11) is 3.25. The number of carbonyl (C=O) groups excluding carboxylic acids is 1. The van der Waals surface area contributed by atoms with Crippen LogP contribution in [-0.2, 0) is 11.2 Å². The lowest BCUT2D eigenvalue weighted by Gasteiger charge is -2.10. The summed E-state index contributed by atoms with van der Waals surface area (Å²) in [5.41, 5.74) is 2.45. The van der Waals surface area contributed by atoms with E-state index in [0.29, 0.717) is 18.2 Å². The molecule has 1 fully saturated rings. The average Bonchev–Trinajstić information content (AvgIpc) is 3.06. The number of carbonyl (C=O) groups is 1. The van der Waals surface area contributed by atoms with E-state index in [2.05, 4.69) is 39.1 Å². The average molecular weight is 331 g/mol. The van der Waals surface area contributed by atoms with E-state index in [9.17, 15) is 4.79 Å². The molecule has 24 heavy (non-hydrogen) atoms. The number of nitrogens with one attached hydrogen (secondary N) is 1. The Morgan fingerprint density at radius 3 is 2.46 bits per heavy atom. The number of hydrogen-bond donors (Lipinski definition) is 1. The van der Waals surface area contributed by atoms with Crippen LogP contribution in [-0.4, -0.2) is 26.7 Å². The monoisotopic (exact) mass is 331 g/mol. The van der Waals surface area contributed by atoms with Crippen molar-refractivity contribution in [2.75, 3.05) is 20.8 Å². The SMILES string of the molecule is COc1ccc(CCNC(=O)[C@H]2[C@@H](C=C(C)C)C2(C)C)cc1OC. The van der Waals surface area contributed by atoms with E-state index in [1.54, 1.807) is 14.2 Å². The minimum atomic E-state index is 0.0602. The zero-order chi connectivity index (χ0) is 17.9. The molecule has 0 spiro atoms. The van der Waals surface area contributed by atoms with Gasteiger partial charge in [-0.05, 0) is 49.3 Å². The molecule has 1 aromatic rings. The first-order chi connectivity index (χ1) is 11.3. The van der Waals surface area contributed by atoms with Gasteiger partial charge in [0.1, 0.15) is 0 Å². The molecule has 0 aliphatic heterocycles. The summed E-state index contributed by atoms with van der Waals surface area (Å²) in [6.45, 7) is 9.12. The molecule has 1 saturated carbocycles. The zero-order valence-electron chi connectivity index (χ0n) is 15.6. The van der Waals surface area contributed by atoms with E-state index in [1.165, 1.54) is 5.57 Å². The number of allylic oxidation sites excluding steroid dienone is 2. The van der Waals surface area contributed by atoms with Crippen molar-refractivity contribution >= 4 is 5.91 Å². The van der Waals surface area contributed by atoms with Gasteiger partial charge in [-0.25, -0.2) is 0 Å². The van der Waals surface area contributed by atoms with Crippen LogP contribution in [0.2, 0.25) is 0 Å². The highest BCUT2D eigenvalue weighted by Crippen LogP contribution is 2.59. The van der Waals surface area contributed by atoms with Crippen molar-refractivity contribution in [2.24, 2.45) is 17.3 Å². The van der Waals surface area contributed by atoms with Crippen molar-refractivity contribution in [1.29, 1.82) is 0 Å². The number of rotatable bonds is 7. The molecule has 4 heteroatoms. The highest BCUT2D eigenvalue weighted by molar-refractivity contribution is 5.83. The van der Waals surface area contributed by atoms with E-state index in [-0.39, 0.29) is 17.2 Å². The number of benzene rings is 1. The van der Waals surface area contributed by atoms with E-state index in [4.69, 9.17) is 9.47 Å². The first kappa shape index (κ1) is 18.4. The molecule has 2 atom stereocenters. The van der Waals surface area contributed by atoms with Gasteiger partial charge in [0.15, 0.2) is 11.5 Å². The zero-order valence-corrected chi connectivity index (χ0v) is 15.6. The summed E-state index contributed by atoms with van der Waals surface area (Å²) in [5.74, 6) is 2.02. The molecule has 1 N–H and O–H groups in total. The van der Waals surface area contributed by atoms with Gasteiger partial charge in [-0.15, -0.1) is 0 Å². The second kappa shape index (κ2) is 7.29. The summed E-state index contributed by atoms with van der Waals surface area (Å²) in [4.78, 5) is 12.4. The van der Waals surface area contributed by atoms with E-state index < -0.39 is 0 Å². The Bertz CT molecular complexity index is 630. The third-order valence-corrected chi connectivity index (χ3v) is 4.87. The molecule has 4 nitrogen and oxygen atoms in total. The molecule has 2 rings (SSSR count). The summed E-state index contributed by atoms with van der Waals surface area (Å²) in [6, 6.07) is 5.85. The molecule has 0 saturated heterocycles. The van der Waals surface area contributed by atoms with Crippen LogP contribution in [0, 0.1) is 17.3 Å². The van der Waals surface area contributed by atoms with Gasteiger partial charge in [-0.1, -0.05) is 31.6 Å². The standard InChI is InChI=1S/C20H29NO3/c1-13(2)11-15-18(20(15,3)4)19(22)21-10-9-14-7-8-16(23-5)17(12-14)24-6/h7-8,11-12,15,18H,9-10H2,1-6H3,(H,21,22)/t15-,18-/m1/s1. The second-order valence-corrected chi connectivity index (χ2v) is 7.30. The van der Waals surface area contributed by atoms with Crippen LogP contribution >= 0.6 is 0 Å². The van der Waals surface area contributed by atoms with Gasteiger partial charge < -0.3 is 14.8 Å². The number of amides is 1. The van der Waals surface area contributed by atoms with Crippen molar-refractivity contribution in [2.45, 2.75) is 34.1 Å². The number of ether oxygens (including phenoxy) is 2. The van der Waals surface area contributed by atoms with Crippen LogP contribution in [0.3, 0.4) is 0 Å². The number of methoxy groups -OCH3 is 2. The molecule has 0 unspecified atom stereocenters. The van der Waals surface area contributed by atoms with Crippen molar-refractivity contribution in [3.8, 4) is 11.5 Å². The maximum absolute atomic E-state index is 12.4. The lowest BCUT2D eigenvalue weighted by molar-refractivity contribution is -0.123. The van der Waals surface area contributed by atoms with Crippen LogP contribution < -0.4 is 14.8 Å². The molecule has 0 aromatic heterocycles. The Balaban J connectivity index is 1.89. The quantitative estimate of drug-likeness (QED) is 0.777. The Hall–Kier alpha value is -1.97. The van der Waals surface area contributed by atoms with Crippen LogP contribution in [0.5, 0.6) is 11.5 Å². The van der Waals surface area contributed by atoms with Gasteiger partial charge in [0.25, 0.3) is 0 Å². The van der Waals surface area contributed by atoms with Gasteiger partial charge in [-0.2, -0.15) is 0 Å². The summed E-state index contributed by atoms with van der Waals surface area (Å²) in [6.07, 6.45) is 2.99. The van der Waals surface area contributed by atoms with Crippen LogP contribution in [0.1, 0.15) is 33.3 Å². The van der Waals surface area contributed by atoms with Crippen LogP contribution in [0.4, 0.5) is 0 Å². The second-order valence-electron chi connectivity index (χ2n) is 7.30. The smallest absolute Gasteiger partial charge is 0.224 e. The maximum atomic E-state index is 12.4. The van der Waals surface area contributed by atoms with Gasteiger partial charge in [0, 0.05) is 6.54 Å². The molecule has 1 amide bonds. The lowest BCUT2D eigenvalue weighted by atomic mass is 10.1. The van der Waals surface area contributed by atoms with Gasteiger partial charge in [0.05, 0.1) is 20.1 Å². The molecule has 132 valence electrons. The van der Waals surface area contributed by atoms with Crippen LogP contribution in [0.15, 0.2) is 29.8 Å². The molecular formula is C20H29NO3. The molecule has 0 radical (unpaired) electrons. The Labute approximate surface area is 145 Å². The van der Waals surface area contributed by atoms with Gasteiger partial charge in [-0.3, -0.25) is 4.79 Å². The van der Waals surface area contributed by atoms with E-state index in [1.807, 2.05) is 18.2 Å². The predicted octanol–water partition coefficient (Wildman–Crippen LogP) is 3.60. The minimum Gasteiger partial charge on any atom is -0.493 e. The molecule has 1 aliphatic rings. The van der Waals surface area contributed by atoms with E-state index >= 15 is 0 Å². The minimum absolute atomic E-state index is 0.0602. The first-order valence-electron chi connectivity index (χ1n) is 8.45. The Morgan fingerprint density at radius 1 is 1.21 bits per heavy atom. The van der Waals surface area contributed by atoms with Crippen molar-refractivity contribution in [3.05, 3.63) is 35.4 Å². The highest BCUT2D eigenvalue weighted by Gasteiger charge is 2.60. The normalized spacial score (nSPS) is 20.9. The summed E-state index contributed by atoms with van der Waals surface area (Å²) in [5, 5.41) is 3.08. The van der Waals surface area contributed by atoms with Crippen LogP contribution in [0.25, 0.3) is 0 Å². The fourth-order valence-electron chi connectivity index (χ4n) is 3.32. The van der Waals surface area contributed by atoms with E-state index in [0.717, 1.165) is 17.7 Å². The largest absolute Gasteiger partial charge is 0.493 e. The Kier molecular flexibility index (Phi) is 5.58. The summed E-state index contributed by atoms with van der Waals surface area (Å²) < 4.78 is 10.6. The molecule has 0 bridgehead atoms. The third kappa shape index (κ3) is 3.92. The maximum Gasteiger partial charge on any atom is 0.224 e. The lowest BCUT2D eigenvalue weighted by Crippen LogP contribution is -2.28. The highest BCUT2D eigenvalue weighted by atomic mass is 16.5. The fourth-order valence-corrected chi connectivity index (χ4v) is 3.32.